The van der Waals surface area contributed by atoms with Crippen LogP contribution in [0.1, 0.15) is 10.4 Å². The van der Waals surface area contributed by atoms with Gasteiger partial charge in [0.2, 0.25) is 0 Å². The molecule has 0 fully saturated rings. The molecule has 0 amide bonds. The van der Waals surface area contributed by atoms with Crippen molar-refractivity contribution >= 4 is 28.6 Å². The summed E-state index contributed by atoms with van der Waals surface area (Å²) in [6.07, 6.45) is 0. The van der Waals surface area contributed by atoms with Gasteiger partial charge in [0, 0.05) is 0 Å². The topological polar surface area (TPSA) is 46.5 Å². The molecule has 14 heavy (non-hydrogen) atoms. The van der Waals surface area contributed by atoms with Gasteiger partial charge in [-0.1, -0.05) is 0 Å². The van der Waals surface area contributed by atoms with Gasteiger partial charge in [-0.15, -0.1) is 0 Å². The fourth-order valence-corrected chi connectivity index (χ4v) is 1.73. The SMILES string of the molecule is COc1c(I)cc(F)c(F)c1C(=O)O. The summed E-state index contributed by atoms with van der Waals surface area (Å²) in [6, 6.07) is 0.876. The summed E-state index contributed by atoms with van der Waals surface area (Å²) in [5.41, 5.74) is -0.781. The zero-order valence-electron chi connectivity index (χ0n) is 6.97. The summed E-state index contributed by atoms with van der Waals surface area (Å²) in [6.45, 7) is 0. The third-order valence-corrected chi connectivity index (χ3v) is 2.35. The highest BCUT2D eigenvalue weighted by Crippen LogP contribution is 2.29. The Morgan fingerprint density at radius 1 is 1.57 bits per heavy atom. The molecule has 6 heteroatoms. The molecule has 0 atom stereocenters. The Bertz CT molecular complexity index is 393. The molecule has 0 radical (unpaired) electrons. The highest BCUT2D eigenvalue weighted by molar-refractivity contribution is 14.1. The first kappa shape index (κ1) is 11.2. The second-order valence-corrected chi connectivity index (χ2v) is 3.53. The van der Waals surface area contributed by atoms with E-state index in [0.29, 0.717) is 0 Å². The molecular weight excluding hydrogens is 309 g/mol. The number of rotatable bonds is 2. The lowest BCUT2D eigenvalue weighted by Gasteiger charge is -2.08. The van der Waals surface area contributed by atoms with Crippen LogP contribution in [0, 0.1) is 15.2 Å². The minimum absolute atomic E-state index is 0.169. The third-order valence-electron chi connectivity index (χ3n) is 1.54. The Morgan fingerprint density at radius 2 is 2.14 bits per heavy atom. The molecular formula is C8H5F2IO3. The first-order chi connectivity index (χ1) is 6.49. The van der Waals surface area contributed by atoms with Crippen LogP contribution in [0.3, 0.4) is 0 Å². The molecule has 0 spiro atoms. The monoisotopic (exact) mass is 314 g/mol. The largest absolute Gasteiger partial charge is 0.495 e. The van der Waals surface area contributed by atoms with Crippen molar-refractivity contribution in [3.05, 3.63) is 26.8 Å². The summed E-state index contributed by atoms with van der Waals surface area (Å²) in [7, 11) is 1.20. The van der Waals surface area contributed by atoms with Crippen LogP contribution in [0.2, 0.25) is 0 Å². The Kier molecular flexibility index (Phi) is 3.25. The van der Waals surface area contributed by atoms with Gasteiger partial charge in [0.25, 0.3) is 0 Å². The van der Waals surface area contributed by atoms with Crippen LogP contribution < -0.4 is 4.74 Å². The van der Waals surface area contributed by atoms with Crippen molar-refractivity contribution in [3.8, 4) is 5.75 Å². The fourth-order valence-electron chi connectivity index (χ4n) is 0.969. The van der Waals surface area contributed by atoms with Gasteiger partial charge in [0.05, 0.1) is 10.7 Å². The normalized spacial score (nSPS) is 10.0. The van der Waals surface area contributed by atoms with Crippen molar-refractivity contribution in [2.45, 2.75) is 0 Å². The van der Waals surface area contributed by atoms with Gasteiger partial charge in [0.15, 0.2) is 11.6 Å². The van der Waals surface area contributed by atoms with Crippen molar-refractivity contribution < 1.29 is 23.4 Å². The average molecular weight is 314 g/mol. The van der Waals surface area contributed by atoms with Gasteiger partial charge < -0.3 is 9.84 Å². The molecule has 0 bridgehead atoms. The standard InChI is InChI=1S/C8H5F2IO3/c1-14-7-4(11)2-3(9)6(10)5(7)8(12)13/h2H,1H3,(H,12,13). The molecule has 1 aromatic rings. The van der Waals surface area contributed by atoms with E-state index in [0.717, 1.165) is 6.07 Å². The van der Waals surface area contributed by atoms with Crippen molar-refractivity contribution in [1.82, 2.24) is 0 Å². The summed E-state index contributed by atoms with van der Waals surface area (Å²) in [5.74, 6) is -4.34. The van der Waals surface area contributed by atoms with Crippen LogP contribution in [-0.2, 0) is 0 Å². The van der Waals surface area contributed by atoms with E-state index in [9.17, 15) is 13.6 Å². The fraction of sp³-hybridized carbons (Fsp3) is 0.125. The van der Waals surface area contributed by atoms with E-state index in [1.54, 1.807) is 22.6 Å². The van der Waals surface area contributed by atoms with Crippen LogP contribution in [0.5, 0.6) is 5.75 Å². The second kappa shape index (κ2) is 4.07. The second-order valence-electron chi connectivity index (χ2n) is 2.37. The number of aromatic carboxylic acids is 1. The van der Waals surface area contributed by atoms with E-state index in [2.05, 4.69) is 4.74 Å². The maximum atomic E-state index is 13.0. The molecule has 76 valence electrons. The predicted molar refractivity (Wildman–Crippen MR) is 52.6 cm³/mol. The van der Waals surface area contributed by atoms with E-state index < -0.39 is 23.2 Å². The van der Waals surface area contributed by atoms with Crippen LogP contribution in [0.15, 0.2) is 6.07 Å². The zero-order chi connectivity index (χ0) is 10.9. The van der Waals surface area contributed by atoms with E-state index in [1.165, 1.54) is 7.11 Å². The number of halogens is 3. The van der Waals surface area contributed by atoms with Gasteiger partial charge in [-0.3, -0.25) is 0 Å². The van der Waals surface area contributed by atoms with Gasteiger partial charge in [-0.05, 0) is 28.7 Å². The van der Waals surface area contributed by atoms with Crippen molar-refractivity contribution in [1.29, 1.82) is 0 Å². The molecule has 0 aromatic heterocycles. The van der Waals surface area contributed by atoms with Crippen LogP contribution in [0.25, 0.3) is 0 Å². The van der Waals surface area contributed by atoms with Crippen LogP contribution >= 0.6 is 22.6 Å². The molecule has 0 aliphatic carbocycles. The van der Waals surface area contributed by atoms with Gasteiger partial charge in [-0.25, -0.2) is 13.6 Å². The molecule has 0 aliphatic heterocycles. The van der Waals surface area contributed by atoms with E-state index in [4.69, 9.17) is 5.11 Å². The van der Waals surface area contributed by atoms with Gasteiger partial charge in [-0.2, -0.15) is 0 Å². The zero-order valence-corrected chi connectivity index (χ0v) is 9.13. The Labute approximate surface area is 91.8 Å². The summed E-state index contributed by atoms with van der Waals surface area (Å²) in [4.78, 5) is 10.6. The number of carbonyl (C=O) groups is 1. The van der Waals surface area contributed by atoms with Crippen LogP contribution in [-0.4, -0.2) is 18.2 Å². The number of hydrogen-bond acceptors (Lipinski definition) is 2. The van der Waals surface area contributed by atoms with E-state index in [1.807, 2.05) is 0 Å². The first-order valence-corrected chi connectivity index (χ1v) is 4.51. The Morgan fingerprint density at radius 3 is 2.57 bits per heavy atom. The van der Waals surface area contributed by atoms with Crippen molar-refractivity contribution in [2.24, 2.45) is 0 Å². The highest BCUT2D eigenvalue weighted by atomic mass is 127. The number of hydrogen-bond donors (Lipinski definition) is 1. The Balaban J connectivity index is 3.56. The van der Waals surface area contributed by atoms with Crippen LogP contribution in [0.4, 0.5) is 8.78 Å². The quantitative estimate of drug-likeness (QED) is 0.673. The lowest BCUT2D eigenvalue weighted by molar-refractivity contribution is 0.0686. The van der Waals surface area contributed by atoms with E-state index in [-0.39, 0.29) is 9.32 Å². The number of benzene rings is 1. The minimum atomic E-state index is -1.56. The molecule has 1 rings (SSSR count). The molecule has 1 aromatic carbocycles. The molecule has 3 nitrogen and oxygen atoms in total. The van der Waals surface area contributed by atoms with Crippen molar-refractivity contribution in [3.63, 3.8) is 0 Å². The third kappa shape index (κ3) is 1.79. The number of carboxylic acids is 1. The molecule has 0 aliphatic rings. The highest BCUT2D eigenvalue weighted by Gasteiger charge is 2.23. The predicted octanol–water partition coefficient (Wildman–Crippen LogP) is 2.28. The summed E-state index contributed by atoms with van der Waals surface area (Å²) < 4.78 is 30.7. The van der Waals surface area contributed by atoms with Gasteiger partial charge >= 0.3 is 5.97 Å². The number of ether oxygens (including phenoxy) is 1. The minimum Gasteiger partial charge on any atom is -0.495 e. The van der Waals surface area contributed by atoms with Gasteiger partial charge in [0.1, 0.15) is 11.3 Å². The molecule has 0 saturated carbocycles. The maximum absolute atomic E-state index is 13.0. The average Bonchev–Trinajstić information content (AvgIpc) is 2.10. The van der Waals surface area contributed by atoms with E-state index >= 15 is 0 Å². The molecule has 1 N–H and O–H groups in total. The maximum Gasteiger partial charge on any atom is 0.342 e. The molecule has 0 saturated heterocycles. The summed E-state index contributed by atoms with van der Waals surface area (Å²) in [5, 5.41) is 8.64. The molecule has 0 unspecified atom stereocenters. The first-order valence-electron chi connectivity index (χ1n) is 3.43. The van der Waals surface area contributed by atoms with Crippen molar-refractivity contribution in [2.75, 3.05) is 7.11 Å². The molecule has 0 heterocycles. The number of methoxy groups -OCH3 is 1. The lowest BCUT2D eigenvalue weighted by atomic mass is 10.2. The smallest absolute Gasteiger partial charge is 0.342 e. The lowest BCUT2D eigenvalue weighted by Crippen LogP contribution is -2.07. The Hall–Kier alpha value is -0.920. The summed E-state index contributed by atoms with van der Waals surface area (Å²) >= 11 is 1.67. The number of carboxylic acid groups (broad SMARTS) is 1.